The maximum absolute atomic E-state index is 11.9. The van der Waals surface area contributed by atoms with E-state index in [9.17, 15) is 9.59 Å². The van der Waals surface area contributed by atoms with Crippen LogP contribution in [0.1, 0.15) is 71.1 Å². The molecule has 0 aromatic rings. The summed E-state index contributed by atoms with van der Waals surface area (Å²) in [7, 11) is 0. The molecular formula is C16H30O5. The third-order valence-corrected chi connectivity index (χ3v) is 3.46. The maximum atomic E-state index is 11.9. The zero-order valence-corrected chi connectivity index (χ0v) is 13.2. The number of rotatable bonds is 14. The summed E-state index contributed by atoms with van der Waals surface area (Å²) in [5, 5.41) is 17.5. The fraction of sp³-hybridized carbons (Fsp3) is 0.875. The average Bonchev–Trinajstić information content (AvgIpc) is 2.45. The summed E-state index contributed by atoms with van der Waals surface area (Å²) in [4.78, 5) is 22.7. The molecule has 0 spiro atoms. The number of hydrogen-bond donors (Lipinski definition) is 2. The Balaban J connectivity index is 3.95. The second-order valence-corrected chi connectivity index (χ2v) is 5.45. The Bertz CT molecular complexity index is 278. The van der Waals surface area contributed by atoms with E-state index in [1.807, 2.05) is 0 Å². The molecule has 0 heterocycles. The third kappa shape index (κ3) is 12.4. The van der Waals surface area contributed by atoms with Crippen LogP contribution in [0.15, 0.2) is 0 Å². The summed E-state index contributed by atoms with van der Waals surface area (Å²) in [6.07, 6.45) is 8.29. The van der Waals surface area contributed by atoms with Gasteiger partial charge in [0, 0.05) is 6.61 Å². The van der Waals surface area contributed by atoms with E-state index in [1.54, 1.807) is 0 Å². The summed E-state index contributed by atoms with van der Waals surface area (Å²) in [5.41, 5.74) is 0. The number of aliphatic hydroxyl groups excluding tert-OH is 1. The van der Waals surface area contributed by atoms with Gasteiger partial charge in [0.1, 0.15) is 0 Å². The first kappa shape index (κ1) is 19.9. The summed E-state index contributed by atoms with van der Waals surface area (Å²) in [5.74, 6) is -1.91. The van der Waals surface area contributed by atoms with Crippen LogP contribution in [0.25, 0.3) is 0 Å². The van der Waals surface area contributed by atoms with Crippen LogP contribution in [0.3, 0.4) is 0 Å². The average molecular weight is 302 g/mol. The van der Waals surface area contributed by atoms with Crippen LogP contribution in [-0.2, 0) is 14.3 Å². The number of carboxylic acid groups (broad SMARTS) is 1. The van der Waals surface area contributed by atoms with Gasteiger partial charge in [-0.1, -0.05) is 45.4 Å². The first-order chi connectivity index (χ1) is 10.1. The summed E-state index contributed by atoms with van der Waals surface area (Å²) in [6.45, 7) is 2.50. The van der Waals surface area contributed by atoms with E-state index in [4.69, 9.17) is 14.9 Å². The highest BCUT2D eigenvalue weighted by Crippen LogP contribution is 2.17. The number of carbonyl (C=O) groups excluding carboxylic acids is 1. The molecular weight excluding hydrogens is 272 g/mol. The number of unbranched alkanes of at least 4 members (excludes halogenated alkanes) is 6. The van der Waals surface area contributed by atoms with Gasteiger partial charge in [-0.2, -0.15) is 0 Å². The quantitative estimate of drug-likeness (QED) is 0.380. The number of aliphatic hydroxyl groups is 1. The van der Waals surface area contributed by atoms with Crippen LogP contribution in [-0.4, -0.2) is 35.4 Å². The number of ether oxygens (including phenoxy) is 1. The van der Waals surface area contributed by atoms with Gasteiger partial charge in [0.25, 0.3) is 0 Å². The minimum Gasteiger partial charge on any atom is -0.481 e. The highest BCUT2D eigenvalue weighted by atomic mass is 16.5. The Morgan fingerprint density at radius 1 is 1.00 bits per heavy atom. The van der Waals surface area contributed by atoms with E-state index in [0.29, 0.717) is 19.3 Å². The van der Waals surface area contributed by atoms with Crippen molar-refractivity contribution in [3.63, 3.8) is 0 Å². The summed E-state index contributed by atoms with van der Waals surface area (Å²) >= 11 is 0. The van der Waals surface area contributed by atoms with E-state index in [-0.39, 0.29) is 19.6 Å². The molecule has 124 valence electrons. The molecule has 0 aliphatic carbocycles. The van der Waals surface area contributed by atoms with Gasteiger partial charge in [0.15, 0.2) is 0 Å². The molecule has 0 radical (unpaired) electrons. The molecule has 0 fully saturated rings. The van der Waals surface area contributed by atoms with E-state index in [2.05, 4.69) is 6.92 Å². The van der Waals surface area contributed by atoms with Crippen molar-refractivity contribution in [2.24, 2.45) is 5.92 Å². The minimum atomic E-state index is -0.960. The Hall–Kier alpha value is -1.10. The Kier molecular flexibility index (Phi) is 13.1. The molecule has 0 rings (SSSR count). The van der Waals surface area contributed by atoms with Crippen molar-refractivity contribution in [1.82, 2.24) is 0 Å². The van der Waals surface area contributed by atoms with Crippen LogP contribution in [0.4, 0.5) is 0 Å². The van der Waals surface area contributed by atoms with E-state index < -0.39 is 17.9 Å². The number of esters is 1. The number of carboxylic acids is 1. The normalized spacial score (nSPS) is 12.1. The smallest absolute Gasteiger partial charge is 0.309 e. The van der Waals surface area contributed by atoms with E-state index >= 15 is 0 Å². The molecule has 0 aromatic carbocycles. The lowest BCUT2D eigenvalue weighted by molar-refractivity contribution is -0.153. The van der Waals surface area contributed by atoms with E-state index in [1.165, 1.54) is 19.3 Å². The molecule has 0 saturated heterocycles. The first-order valence-corrected chi connectivity index (χ1v) is 8.11. The lowest BCUT2D eigenvalue weighted by Gasteiger charge is -2.14. The van der Waals surface area contributed by atoms with Crippen LogP contribution in [0.5, 0.6) is 0 Å². The van der Waals surface area contributed by atoms with Crippen molar-refractivity contribution in [3.8, 4) is 0 Å². The molecule has 1 unspecified atom stereocenters. The molecule has 5 heteroatoms. The lowest BCUT2D eigenvalue weighted by Crippen LogP contribution is -2.21. The molecule has 21 heavy (non-hydrogen) atoms. The van der Waals surface area contributed by atoms with Crippen molar-refractivity contribution >= 4 is 11.9 Å². The molecule has 0 amide bonds. The number of carbonyl (C=O) groups is 2. The van der Waals surface area contributed by atoms with Gasteiger partial charge in [-0.3, -0.25) is 9.59 Å². The van der Waals surface area contributed by atoms with Crippen molar-refractivity contribution in [3.05, 3.63) is 0 Å². The van der Waals surface area contributed by atoms with Crippen molar-refractivity contribution in [2.45, 2.75) is 71.1 Å². The van der Waals surface area contributed by atoms with Gasteiger partial charge in [0.2, 0.25) is 0 Å². The highest BCUT2D eigenvalue weighted by molar-refractivity contribution is 5.79. The molecule has 5 nitrogen and oxygen atoms in total. The van der Waals surface area contributed by atoms with Crippen LogP contribution < -0.4 is 0 Å². The van der Waals surface area contributed by atoms with Gasteiger partial charge in [0.05, 0.1) is 18.9 Å². The summed E-state index contributed by atoms with van der Waals surface area (Å²) in [6, 6.07) is 0. The van der Waals surface area contributed by atoms with Gasteiger partial charge in [-0.25, -0.2) is 0 Å². The van der Waals surface area contributed by atoms with Crippen LogP contribution in [0.2, 0.25) is 0 Å². The molecule has 0 aromatic heterocycles. The maximum Gasteiger partial charge on any atom is 0.309 e. The minimum absolute atomic E-state index is 0.0772. The SMILES string of the molecule is CCCCCCCCC(CC(=O)O)C(=O)OCCCCO. The van der Waals surface area contributed by atoms with Gasteiger partial charge < -0.3 is 14.9 Å². The van der Waals surface area contributed by atoms with Gasteiger partial charge in [-0.15, -0.1) is 0 Å². The first-order valence-electron chi connectivity index (χ1n) is 8.11. The molecule has 0 bridgehead atoms. The zero-order chi connectivity index (χ0) is 15.9. The summed E-state index contributed by atoms with van der Waals surface area (Å²) < 4.78 is 5.09. The fourth-order valence-electron chi connectivity index (χ4n) is 2.19. The third-order valence-electron chi connectivity index (χ3n) is 3.46. The van der Waals surface area contributed by atoms with E-state index in [0.717, 1.165) is 19.3 Å². The van der Waals surface area contributed by atoms with Gasteiger partial charge >= 0.3 is 11.9 Å². The monoisotopic (exact) mass is 302 g/mol. The van der Waals surface area contributed by atoms with Crippen molar-refractivity contribution in [2.75, 3.05) is 13.2 Å². The predicted octanol–water partition coefficient (Wildman–Crippen LogP) is 3.14. The molecule has 0 saturated carbocycles. The Morgan fingerprint density at radius 3 is 2.29 bits per heavy atom. The van der Waals surface area contributed by atoms with Crippen LogP contribution >= 0.6 is 0 Å². The van der Waals surface area contributed by atoms with Crippen LogP contribution in [0, 0.1) is 5.92 Å². The Morgan fingerprint density at radius 2 is 1.67 bits per heavy atom. The number of hydrogen-bond acceptors (Lipinski definition) is 4. The molecule has 1 atom stereocenters. The molecule has 0 aliphatic heterocycles. The molecule has 2 N–H and O–H groups in total. The zero-order valence-electron chi connectivity index (χ0n) is 13.2. The predicted molar refractivity (Wildman–Crippen MR) is 81.0 cm³/mol. The second kappa shape index (κ2) is 13.9. The number of aliphatic carboxylic acids is 1. The highest BCUT2D eigenvalue weighted by Gasteiger charge is 2.22. The molecule has 0 aliphatic rings. The van der Waals surface area contributed by atoms with Gasteiger partial charge in [-0.05, 0) is 19.3 Å². The fourth-order valence-corrected chi connectivity index (χ4v) is 2.19. The largest absolute Gasteiger partial charge is 0.481 e. The second-order valence-electron chi connectivity index (χ2n) is 5.45. The standard InChI is InChI=1S/C16H30O5/c1-2-3-4-5-6-7-10-14(13-15(18)19)16(20)21-12-9-8-11-17/h14,17H,2-13H2,1H3,(H,18,19). The lowest BCUT2D eigenvalue weighted by atomic mass is 9.97. The van der Waals surface area contributed by atoms with Crippen molar-refractivity contribution in [1.29, 1.82) is 0 Å². The van der Waals surface area contributed by atoms with Crippen molar-refractivity contribution < 1.29 is 24.5 Å². The topological polar surface area (TPSA) is 83.8 Å². The Labute approximate surface area is 127 Å².